The molecule has 5 rings (SSSR count). The van der Waals surface area contributed by atoms with E-state index in [0.717, 1.165) is 43.1 Å². The molecule has 0 aliphatic heterocycles. The quantitative estimate of drug-likeness (QED) is 0.692. The van der Waals surface area contributed by atoms with E-state index >= 15 is 0 Å². The Morgan fingerprint density at radius 1 is 1.00 bits per heavy atom. The van der Waals surface area contributed by atoms with Crippen molar-refractivity contribution in [2.75, 3.05) is 0 Å². The van der Waals surface area contributed by atoms with Crippen molar-refractivity contribution < 1.29 is 14.7 Å². The van der Waals surface area contributed by atoms with Crippen molar-refractivity contribution in [3.63, 3.8) is 0 Å². The molecule has 1 amide bonds. The molecule has 2 aliphatic rings. The second kappa shape index (κ2) is 6.76. The van der Waals surface area contributed by atoms with Gasteiger partial charge in [0.1, 0.15) is 0 Å². The molecule has 5 heteroatoms. The molecule has 2 N–H and O–H groups in total. The number of aromatic nitrogens is 1. The zero-order chi connectivity index (χ0) is 20.0. The van der Waals surface area contributed by atoms with Gasteiger partial charge in [-0.2, -0.15) is 0 Å². The summed E-state index contributed by atoms with van der Waals surface area (Å²) in [4.78, 5) is 24.1. The third-order valence-electron chi connectivity index (χ3n) is 6.63. The highest BCUT2D eigenvalue weighted by Crippen LogP contribution is 2.58. The van der Waals surface area contributed by atoms with Crippen LogP contribution in [-0.2, 0) is 11.3 Å². The standard InChI is InChI=1S/C24H24N2O3/c27-22(25-19-13-24(14-19)11-18(12-24)23(28)29)20-8-4-7-17-9-10-26(21(17)20)15-16-5-2-1-3-6-16/h1-10,18-19H,11-15H2,(H,25,27)(H,28,29). The minimum atomic E-state index is -0.686. The van der Waals surface area contributed by atoms with Gasteiger partial charge in [-0.1, -0.05) is 42.5 Å². The topological polar surface area (TPSA) is 71.3 Å². The maximum absolute atomic E-state index is 13.0. The van der Waals surface area contributed by atoms with Crippen LogP contribution in [0, 0.1) is 11.3 Å². The third-order valence-corrected chi connectivity index (χ3v) is 6.63. The van der Waals surface area contributed by atoms with E-state index < -0.39 is 5.97 Å². The number of hydrogen-bond acceptors (Lipinski definition) is 2. The maximum Gasteiger partial charge on any atom is 0.306 e. The van der Waals surface area contributed by atoms with Crippen molar-refractivity contribution in [1.82, 2.24) is 9.88 Å². The first-order valence-electron chi connectivity index (χ1n) is 10.2. The van der Waals surface area contributed by atoms with E-state index in [9.17, 15) is 9.59 Å². The highest BCUT2D eigenvalue weighted by atomic mass is 16.4. The Morgan fingerprint density at radius 2 is 1.76 bits per heavy atom. The largest absolute Gasteiger partial charge is 0.481 e. The van der Waals surface area contributed by atoms with Gasteiger partial charge >= 0.3 is 5.97 Å². The number of carboxylic acids is 1. The highest BCUT2D eigenvalue weighted by molar-refractivity contribution is 6.06. The summed E-state index contributed by atoms with van der Waals surface area (Å²) in [5.74, 6) is -0.923. The third kappa shape index (κ3) is 3.20. The van der Waals surface area contributed by atoms with Gasteiger partial charge in [0.05, 0.1) is 17.0 Å². The Hall–Kier alpha value is -3.08. The predicted octanol–water partition coefficient (Wildman–Crippen LogP) is 4.06. The summed E-state index contributed by atoms with van der Waals surface area (Å²) in [6, 6.07) is 18.3. The van der Waals surface area contributed by atoms with E-state index in [0.29, 0.717) is 5.56 Å². The van der Waals surface area contributed by atoms with Gasteiger partial charge in [0.15, 0.2) is 0 Å². The molecule has 3 aromatic rings. The summed E-state index contributed by atoms with van der Waals surface area (Å²) in [6.45, 7) is 0.720. The highest BCUT2D eigenvalue weighted by Gasteiger charge is 2.55. The Morgan fingerprint density at radius 3 is 2.48 bits per heavy atom. The number of benzene rings is 2. The fraction of sp³-hybridized carbons (Fsp3) is 0.333. The molecule has 2 fully saturated rings. The molecule has 2 saturated carbocycles. The zero-order valence-electron chi connectivity index (χ0n) is 16.2. The summed E-state index contributed by atoms with van der Waals surface area (Å²) in [5, 5.41) is 13.3. The van der Waals surface area contributed by atoms with Crippen molar-refractivity contribution in [1.29, 1.82) is 0 Å². The molecule has 5 nitrogen and oxygen atoms in total. The Labute approximate surface area is 169 Å². The van der Waals surface area contributed by atoms with E-state index in [1.54, 1.807) is 0 Å². The lowest BCUT2D eigenvalue weighted by Crippen LogP contribution is -2.57. The van der Waals surface area contributed by atoms with Gasteiger partial charge in [0.2, 0.25) is 0 Å². The van der Waals surface area contributed by atoms with Crippen LogP contribution in [0.15, 0.2) is 60.8 Å². The Kier molecular flexibility index (Phi) is 4.19. The first-order chi connectivity index (χ1) is 14.0. The lowest BCUT2D eigenvalue weighted by molar-refractivity contribution is -0.155. The van der Waals surface area contributed by atoms with Crippen molar-refractivity contribution in [2.45, 2.75) is 38.3 Å². The van der Waals surface area contributed by atoms with E-state index in [1.165, 1.54) is 5.56 Å². The number of carbonyl (C=O) groups is 2. The van der Waals surface area contributed by atoms with Crippen LogP contribution in [-0.4, -0.2) is 27.6 Å². The molecular formula is C24H24N2O3. The van der Waals surface area contributed by atoms with Gasteiger partial charge in [-0.15, -0.1) is 0 Å². The number of nitrogens with zero attached hydrogens (tertiary/aromatic N) is 1. The van der Waals surface area contributed by atoms with Crippen LogP contribution in [0.2, 0.25) is 0 Å². The molecule has 0 radical (unpaired) electrons. The number of hydrogen-bond donors (Lipinski definition) is 2. The van der Waals surface area contributed by atoms with Crippen LogP contribution >= 0.6 is 0 Å². The van der Waals surface area contributed by atoms with E-state index in [-0.39, 0.29) is 23.3 Å². The molecule has 1 spiro atoms. The van der Waals surface area contributed by atoms with E-state index in [1.807, 2.05) is 48.7 Å². The number of fused-ring (bicyclic) bond motifs is 1. The molecule has 0 unspecified atom stereocenters. The van der Waals surface area contributed by atoms with Crippen molar-refractivity contribution >= 4 is 22.8 Å². The van der Waals surface area contributed by atoms with Gasteiger partial charge in [0.25, 0.3) is 5.91 Å². The zero-order valence-corrected chi connectivity index (χ0v) is 16.2. The van der Waals surface area contributed by atoms with Crippen molar-refractivity contribution in [3.8, 4) is 0 Å². The average molecular weight is 388 g/mol. The Bertz CT molecular complexity index is 1070. The summed E-state index contributed by atoms with van der Waals surface area (Å²) in [7, 11) is 0. The average Bonchev–Trinajstić information content (AvgIpc) is 3.06. The van der Waals surface area contributed by atoms with E-state index in [4.69, 9.17) is 5.11 Å². The number of carboxylic acid groups (broad SMARTS) is 1. The van der Waals surface area contributed by atoms with Gasteiger partial charge in [-0.05, 0) is 48.8 Å². The van der Waals surface area contributed by atoms with Crippen molar-refractivity contribution in [2.24, 2.45) is 11.3 Å². The second-order valence-electron chi connectivity index (χ2n) is 8.69. The second-order valence-corrected chi connectivity index (χ2v) is 8.69. The van der Waals surface area contributed by atoms with E-state index in [2.05, 4.69) is 22.0 Å². The molecular weight excluding hydrogens is 364 g/mol. The fourth-order valence-electron chi connectivity index (χ4n) is 5.20. The summed E-state index contributed by atoms with van der Waals surface area (Å²) in [5.41, 5.74) is 3.00. The summed E-state index contributed by atoms with van der Waals surface area (Å²) < 4.78 is 2.13. The van der Waals surface area contributed by atoms with Crippen LogP contribution in [0.1, 0.15) is 41.6 Å². The van der Waals surface area contributed by atoms with Gasteiger partial charge < -0.3 is 15.0 Å². The van der Waals surface area contributed by atoms with Gasteiger partial charge in [-0.25, -0.2) is 0 Å². The molecule has 1 heterocycles. The van der Waals surface area contributed by atoms with Crippen LogP contribution in [0.5, 0.6) is 0 Å². The molecule has 148 valence electrons. The number of amides is 1. The minimum Gasteiger partial charge on any atom is -0.481 e. The van der Waals surface area contributed by atoms with Crippen LogP contribution < -0.4 is 5.32 Å². The molecule has 0 saturated heterocycles. The van der Waals surface area contributed by atoms with Gasteiger partial charge in [0, 0.05) is 24.2 Å². The molecule has 0 atom stereocenters. The summed E-state index contributed by atoms with van der Waals surface area (Å²) >= 11 is 0. The first kappa shape index (κ1) is 18.0. The monoisotopic (exact) mass is 388 g/mol. The molecule has 2 aromatic carbocycles. The Balaban J connectivity index is 1.31. The molecule has 2 aliphatic carbocycles. The van der Waals surface area contributed by atoms with Crippen LogP contribution in [0.25, 0.3) is 10.9 Å². The lowest BCUT2D eigenvalue weighted by atomic mass is 9.50. The number of nitrogens with one attached hydrogen (secondary N) is 1. The van der Waals surface area contributed by atoms with Crippen molar-refractivity contribution in [3.05, 3.63) is 71.9 Å². The predicted molar refractivity (Wildman–Crippen MR) is 111 cm³/mol. The normalized spacial score (nSPS) is 25.4. The van der Waals surface area contributed by atoms with Crippen LogP contribution in [0.3, 0.4) is 0 Å². The minimum absolute atomic E-state index is 0.0439. The first-order valence-corrected chi connectivity index (χ1v) is 10.2. The number of para-hydroxylation sites is 1. The maximum atomic E-state index is 13.0. The molecule has 1 aromatic heterocycles. The summed E-state index contributed by atoms with van der Waals surface area (Å²) in [6.07, 6.45) is 5.33. The number of rotatable bonds is 5. The molecule has 0 bridgehead atoms. The van der Waals surface area contributed by atoms with Gasteiger partial charge in [-0.3, -0.25) is 9.59 Å². The number of aliphatic carboxylic acids is 1. The lowest BCUT2D eigenvalue weighted by Gasteiger charge is -2.56. The smallest absolute Gasteiger partial charge is 0.306 e. The molecule has 29 heavy (non-hydrogen) atoms. The van der Waals surface area contributed by atoms with Crippen LogP contribution in [0.4, 0.5) is 0 Å². The SMILES string of the molecule is O=C(NC1CC2(C1)CC(C(=O)O)C2)c1cccc2ccn(Cc3ccccc3)c12. The number of carbonyl (C=O) groups excluding carboxylic acids is 1. The fourth-order valence-corrected chi connectivity index (χ4v) is 5.20.